The number of fused-ring (bicyclic) bond motifs is 1. The van der Waals surface area contributed by atoms with E-state index in [1.54, 1.807) is 18.2 Å². The van der Waals surface area contributed by atoms with Crippen molar-refractivity contribution in [3.8, 4) is 0 Å². The van der Waals surface area contributed by atoms with E-state index < -0.39 is 18.0 Å². The van der Waals surface area contributed by atoms with Crippen LogP contribution in [0.4, 0.5) is 0 Å². The van der Waals surface area contributed by atoms with E-state index >= 15 is 0 Å². The van der Waals surface area contributed by atoms with E-state index in [9.17, 15) is 19.8 Å². The van der Waals surface area contributed by atoms with Crippen LogP contribution in [0.3, 0.4) is 0 Å². The minimum atomic E-state index is -0.965. The molecule has 0 aliphatic carbocycles. The van der Waals surface area contributed by atoms with Gasteiger partial charge in [-0.25, -0.2) is 4.79 Å². The van der Waals surface area contributed by atoms with Gasteiger partial charge in [-0.2, -0.15) is 0 Å². The van der Waals surface area contributed by atoms with Gasteiger partial charge < -0.3 is 15.3 Å². The molecule has 6 heteroatoms. The van der Waals surface area contributed by atoms with E-state index in [1.807, 2.05) is 18.2 Å². The van der Waals surface area contributed by atoms with Crippen LogP contribution in [0.2, 0.25) is 0 Å². The van der Waals surface area contributed by atoms with Crippen molar-refractivity contribution in [3.05, 3.63) is 77.4 Å². The average Bonchev–Trinajstić information content (AvgIpc) is 2.91. The summed E-state index contributed by atoms with van der Waals surface area (Å²) in [4.78, 5) is 23.3. The van der Waals surface area contributed by atoms with Crippen LogP contribution in [0.25, 0.3) is 10.8 Å². The molecule has 0 heterocycles. The molecule has 0 aromatic heterocycles. The second kappa shape index (κ2) is 15.6. The Bertz CT molecular complexity index is 1170. The Morgan fingerprint density at radius 3 is 2.16 bits per heavy atom. The van der Waals surface area contributed by atoms with Gasteiger partial charge in [-0.3, -0.25) is 4.79 Å². The zero-order valence-corrected chi connectivity index (χ0v) is 23.1. The third-order valence-corrected chi connectivity index (χ3v) is 8.31. The molecule has 3 rings (SSSR count). The number of aliphatic hydroxyl groups excluding tert-OH is 1. The van der Waals surface area contributed by atoms with Crippen LogP contribution in [0.15, 0.2) is 65.6 Å². The number of thioether (sulfide) groups is 1. The van der Waals surface area contributed by atoms with Crippen LogP contribution in [-0.4, -0.2) is 33.4 Å². The van der Waals surface area contributed by atoms with Crippen LogP contribution in [-0.2, 0) is 11.2 Å². The fourth-order valence-corrected chi connectivity index (χ4v) is 5.94. The van der Waals surface area contributed by atoms with Crippen LogP contribution in [0.1, 0.15) is 97.9 Å². The average molecular weight is 537 g/mol. The Kier molecular flexibility index (Phi) is 12.2. The lowest BCUT2D eigenvalue weighted by molar-refractivity contribution is -0.137. The van der Waals surface area contributed by atoms with Crippen molar-refractivity contribution in [2.24, 2.45) is 0 Å². The first kappa shape index (κ1) is 29.7. The summed E-state index contributed by atoms with van der Waals surface area (Å²) in [5.74, 6) is -1.83. The van der Waals surface area contributed by atoms with Gasteiger partial charge in [0.2, 0.25) is 0 Å². The Labute approximate surface area is 230 Å². The molecule has 0 radical (unpaired) electrons. The molecule has 0 aliphatic rings. The molecule has 0 aliphatic heterocycles. The van der Waals surface area contributed by atoms with Crippen molar-refractivity contribution in [2.45, 2.75) is 93.8 Å². The lowest BCUT2D eigenvalue weighted by Gasteiger charge is -2.23. The number of benzene rings is 3. The van der Waals surface area contributed by atoms with Gasteiger partial charge in [-0.1, -0.05) is 81.8 Å². The molecule has 2 atom stereocenters. The highest BCUT2D eigenvalue weighted by Gasteiger charge is 2.23. The summed E-state index contributed by atoms with van der Waals surface area (Å²) in [5, 5.41) is 31.0. The lowest BCUT2D eigenvalue weighted by atomic mass is 9.99. The molecule has 0 saturated heterocycles. The number of carboxylic acid groups (broad SMARTS) is 2. The van der Waals surface area contributed by atoms with Gasteiger partial charge in [-0.05, 0) is 71.8 Å². The van der Waals surface area contributed by atoms with E-state index in [0.29, 0.717) is 12.8 Å². The number of aryl methyl sites for hydroxylation is 1. The smallest absolute Gasteiger partial charge is 0.335 e. The van der Waals surface area contributed by atoms with Gasteiger partial charge in [0.15, 0.2) is 0 Å². The van der Waals surface area contributed by atoms with Gasteiger partial charge in [0.25, 0.3) is 0 Å². The molecule has 38 heavy (non-hydrogen) atoms. The monoisotopic (exact) mass is 536 g/mol. The van der Waals surface area contributed by atoms with Gasteiger partial charge in [0.1, 0.15) is 0 Å². The highest BCUT2D eigenvalue weighted by Crippen LogP contribution is 2.40. The van der Waals surface area contributed by atoms with Crippen LogP contribution in [0, 0.1) is 0 Å². The maximum Gasteiger partial charge on any atom is 0.335 e. The number of aromatic carboxylic acids is 1. The molecular formula is C32H40O5S. The predicted molar refractivity (Wildman–Crippen MR) is 155 cm³/mol. The second-order valence-electron chi connectivity index (χ2n) is 10.0. The highest BCUT2D eigenvalue weighted by molar-refractivity contribution is 7.99. The predicted octanol–water partition coefficient (Wildman–Crippen LogP) is 8.28. The molecule has 0 bridgehead atoms. The molecule has 0 spiro atoms. The summed E-state index contributed by atoms with van der Waals surface area (Å²) < 4.78 is 0. The molecule has 204 valence electrons. The van der Waals surface area contributed by atoms with Gasteiger partial charge in [-0.15, -0.1) is 11.8 Å². The number of carboxylic acids is 2. The van der Waals surface area contributed by atoms with Crippen molar-refractivity contribution in [1.29, 1.82) is 0 Å². The van der Waals surface area contributed by atoms with Crippen molar-refractivity contribution in [1.82, 2.24) is 0 Å². The van der Waals surface area contributed by atoms with Gasteiger partial charge >= 0.3 is 11.9 Å². The van der Waals surface area contributed by atoms with Crippen LogP contribution >= 0.6 is 11.8 Å². The van der Waals surface area contributed by atoms with Gasteiger partial charge in [0, 0.05) is 11.3 Å². The van der Waals surface area contributed by atoms with Crippen LogP contribution < -0.4 is 0 Å². The molecule has 2 unspecified atom stereocenters. The number of rotatable bonds is 17. The van der Waals surface area contributed by atoms with Crippen molar-refractivity contribution >= 4 is 34.5 Å². The molecule has 0 saturated carbocycles. The van der Waals surface area contributed by atoms with Crippen molar-refractivity contribution in [2.75, 3.05) is 0 Å². The fourth-order valence-electron chi connectivity index (χ4n) is 4.72. The zero-order chi connectivity index (χ0) is 27.3. The molecule has 3 aromatic carbocycles. The quantitative estimate of drug-likeness (QED) is 0.119. The van der Waals surface area contributed by atoms with E-state index in [1.165, 1.54) is 62.3 Å². The van der Waals surface area contributed by atoms with E-state index in [4.69, 9.17) is 5.11 Å². The molecule has 0 fully saturated rings. The molecule has 0 amide bonds. The zero-order valence-electron chi connectivity index (χ0n) is 22.3. The summed E-state index contributed by atoms with van der Waals surface area (Å²) in [6, 6.07) is 19.4. The summed E-state index contributed by atoms with van der Waals surface area (Å²) in [6.07, 6.45) is 10.1. The molecule has 3 N–H and O–H groups in total. The standard InChI is InChI=1S/C32H40O5S/c1-2-3-4-5-6-7-8-10-23-13-15-25(16-14-23)31(29(33)11-9-12-30(34)35)38-28-20-19-24-17-18-26(32(36)37)21-27(24)22-28/h13-22,29,31,33H,2-12H2,1H3,(H,34,35)(H,36,37). The largest absolute Gasteiger partial charge is 0.481 e. The maximum atomic E-state index is 11.4. The van der Waals surface area contributed by atoms with Crippen molar-refractivity contribution < 1.29 is 24.9 Å². The second-order valence-corrected chi connectivity index (χ2v) is 11.2. The first-order chi connectivity index (χ1) is 18.4. The first-order valence-corrected chi connectivity index (χ1v) is 14.7. The minimum Gasteiger partial charge on any atom is -0.481 e. The first-order valence-electron chi connectivity index (χ1n) is 13.8. The van der Waals surface area contributed by atoms with Crippen molar-refractivity contribution in [3.63, 3.8) is 0 Å². The van der Waals surface area contributed by atoms with E-state index in [2.05, 4.69) is 31.2 Å². The SMILES string of the molecule is CCCCCCCCCc1ccc(C(Sc2ccc3ccc(C(=O)O)cc3c2)C(O)CCCC(=O)O)cc1. The van der Waals surface area contributed by atoms with E-state index in [0.717, 1.165) is 27.7 Å². The Balaban J connectivity index is 1.71. The summed E-state index contributed by atoms with van der Waals surface area (Å²) in [6.45, 7) is 2.24. The topological polar surface area (TPSA) is 94.8 Å². The Hall–Kier alpha value is -2.83. The third-order valence-electron chi connectivity index (χ3n) is 6.94. The summed E-state index contributed by atoms with van der Waals surface area (Å²) in [5.41, 5.74) is 2.53. The maximum absolute atomic E-state index is 11.4. The molecule has 5 nitrogen and oxygen atoms in total. The number of hydrogen-bond acceptors (Lipinski definition) is 4. The third kappa shape index (κ3) is 9.48. The number of carbonyl (C=O) groups is 2. The molecule has 3 aromatic rings. The molecular weight excluding hydrogens is 496 g/mol. The normalized spacial score (nSPS) is 12.9. The summed E-state index contributed by atoms with van der Waals surface area (Å²) in [7, 11) is 0. The number of aliphatic carboxylic acids is 1. The van der Waals surface area contributed by atoms with Gasteiger partial charge in [0.05, 0.1) is 16.9 Å². The number of hydrogen-bond donors (Lipinski definition) is 3. The van der Waals surface area contributed by atoms with Crippen LogP contribution in [0.5, 0.6) is 0 Å². The fraction of sp³-hybridized carbons (Fsp3) is 0.438. The number of aliphatic hydroxyl groups is 1. The summed E-state index contributed by atoms with van der Waals surface area (Å²) >= 11 is 1.53. The number of unbranched alkanes of at least 4 members (excludes halogenated alkanes) is 6. The highest BCUT2D eigenvalue weighted by atomic mass is 32.2. The Morgan fingerprint density at radius 2 is 1.47 bits per heavy atom. The minimum absolute atomic E-state index is 0.0275. The van der Waals surface area contributed by atoms with E-state index in [-0.39, 0.29) is 17.2 Å². The lowest BCUT2D eigenvalue weighted by Crippen LogP contribution is -2.16. The Morgan fingerprint density at radius 1 is 0.789 bits per heavy atom.